The quantitative estimate of drug-likeness (QED) is 0.208. The first-order valence-electron chi connectivity index (χ1n) is 9.00. The van der Waals surface area contributed by atoms with Crippen molar-refractivity contribution in [1.82, 2.24) is 25.4 Å². The number of aromatic nitrogens is 3. The highest BCUT2D eigenvalue weighted by Crippen LogP contribution is 2.19. The van der Waals surface area contributed by atoms with Gasteiger partial charge in [0.15, 0.2) is 5.96 Å². The molecule has 0 saturated carbocycles. The Kier molecular flexibility index (Phi) is 9.21. The van der Waals surface area contributed by atoms with Gasteiger partial charge in [0, 0.05) is 41.7 Å². The highest BCUT2D eigenvalue weighted by atomic mass is 35.5. The van der Waals surface area contributed by atoms with Crippen molar-refractivity contribution in [3.05, 3.63) is 53.6 Å². The molecule has 1 aromatic carbocycles. The second kappa shape index (κ2) is 11.7. The van der Waals surface area contributed by atoms with Crippen LogP contribution in [0.4, 0.5) is 0 Å². The number of aliphatic imine (C=N–C) groups is 1. The minimum absolute atomic E-state index is 0.604. The summed E-state index contributed by atoms with van der Waals surface area (Å²) in [7, 11) is 0. The Morgan fingerprint density at radius 1 is 1.26 bits per heavy atom. The van der Waals surface area contributed by atoms with Gasteiger partial charge in [0.2, 0.25) is 0 Å². The van der Waals surface area contributed by atoms with E-state index in [1.54, 1.807) is 18.1 Å². The summed E-state index contributed by atoms with van der Waals surface area (Å²) in [5.74, 6) is 2.71. The molecule has 0 saturated heterocycles. The summed E-state index contributed by atoms with van der Waals surface area (Å²) < 4.78 is 2.06. The van der Waals surface area contributed by atoms with E-state index in [1.165, 1.54) is 4.90 Å². The number of benzene rings is 1. The average molecular weight is 407 g/mol. The maximum atomic E-state index is 5.92. The molecule has 6 nitrogen and oxygen atoms in total. The van der Waals surface area contributed by atoms with E-state index in [4.69, 9.17) is 11.6 Å². The maximum Gasteiger partial charge on any atom is 0.191 e. The molecule has 8 heteroatoms. The van der Waals surface area contributed by atoms with Crippen LogP contribution >= 0.6 is 23.4 Å². The summed E-state index contributed by atoms with van der Waals surface area (Å²) in [6, 6.07) is 7.89. The lowest BCUT2D eigenvalue weighted by Gasteiger charge is -2.13. The van der Waals surface area contributed by atoms with E-state index >= 15 is 0 Å². The summed E-state index contributed by atoms with van der Waals surface area (Å²) in [4.78, 5) is 5.77. The van der Waals surface area contributed by atoms with Gasteiger partial charge < -0.3 is 15.2 Å². The molecule has 146 valence electrons. The predicted octanol–water partition coefficient (Wildman–Crippen LogP) is 3.40. The number of guanidine groups is 1. The van der Waals surface area contributed by atoms with E-state index in [0.29, 0.717) is 6.54 Å². The largest absolute Gasteiger partial charge is 0.356 e. The van der Waals surface area contributed by atoms with Crippen LogP contribution in [0.25, 0.3) is 0 Å². The molecule has 2 N–H and O–H groups in total. The van der Waals surface area contributed by atoms with E-state index in [-0.39, 0.29) is 0 Å². The van der Waals surface area contributed by atoms with Gasteiger partial charge >= 0.3 is 0 Å². The van der Waals surface area contributed by atoms with E-state index in [2.05, 4.69) is 43.9 Å². The number of nitrogens with one attached hydrogen (secondary N) is 2. The molecular weight excluding hydrogens is 380 g/mol. The Labute approximate surface area is 170 Å². The van der Waals surface area contributed by atoms with Crippen LogP contribution in [-0.2, 0) is 13.0 Å². The van der Waals surface area contributed by atoms with Crippen molar-refractivity contribution >= 4 is 29.3 Å². The van der Waals surface area contributed by atoms with Crippen molar-refractivity contribution in [2.24, 2.45) is 4.99 Å². The minimum atomic E-state index is 0.604. The number of halogens is 1. The maximum absolute atomic E-state index is 5.92. The first-order valence-corrected chi connectivity index (χ1v) is 10.4. The van der Waals surface area contributed by atoms with Crippen molar-refractivity contribution in [2.45, 2.75) is 31.7 Å². The Morgan fingerprint density at radius 3 is 2.70 bits per heavy atom. The zero-order chi connectivity index (χ0) is 19.5. The van der Waals surface area contributed by atoms with Gasteiger partial charge in [0.1, 0.15) is 12.2 Å². The van der Waals surface area contributed by atoms with E-state index in [0.717, 1.165) is 54.2 Å². The molecule has 0 bridgehead atoms. The van der Waals surface area contributed by atoms with Gasteiger partial charge in [-0.05, 0) is 31.2 Å². The highest BCUT2D eigenvalue weighted by Gasteiger charge is 2.03. The normalized spacial score (nSPS) is 11.4. The number of rotatable bonds is 10. The molecule has 1 aromatic heterocycles. The second-order valence-electron chi connectivity index (χ2n) is 6.07. The Hall–Kier alpha value is -1.99. The number of hydrogen-bond acceptors (Lipinski definition) is 4. The van der Waals surface area contributed by atoms with E-state index in [9.17, 15) is 0 Å². The van der Waals surface area contributed by atoms with Crippen LogP contribution in [0.2, 0.25) is 5.02 Å². The Balaban J connectivity index is 1.78. The monoisotopic (exact) mass is 406 g/mol. The van der Waals surface area contributed by atoms with Gasteiger partial charge in [0.05, 0.1) is 6.54 Å². The molecule has 0 atom stereocenters. The lowest BCUT2D eigenvalue weighted by Crippen LogP contribution is -2.40. The molecule has 0 amide bonds. The molecule has 0 aliphatic carbocycles. The molecule has 2 rings (SSSR count). The van der Waals surface area contributed by atoms with Crippen molar-refractivity contribution in [3.8, 4) is 0 Å². The number of nitrogens with zero attached hydrogens (tertiary/aromatic N) is 4. The van der Waals surface area contributed by atoms with Crippen LogP contribution in [0.3, 0.4) is 0 Å². The van der Waals surface area contributed by atoms with Gasteiger partial charge in [-0.25, -0.2) is 4.99 Å². The van der Waals surface area contributed by atoms with Crippen molar-refractivity contribution in [1.29, 1.82) is 0 Å². The lowest BCUT2D eigenvalue weighted by molar-refractivity contribution is 0.633. The minimum Gasteiger partial charge on any atom is -0.356 e. The summed E-state index contributed by atoms with van der Waals surface area (Å²) in [5, 5.41) is 15.6. The molecule has 0 fully saturated rings. The zero-order valence-corrected chi connectivity index (χ0v) is 17.5. The fourth-order valence-corrected chi connectivity index (χ4v) is 3.19. The molecule has 2 aromatic rings. The first-order chi connectivity index (χ1) is 13.1. The smallest absolute Gasteiger partial charge is 0.191 e. The average Bonchev–Trinajstić information content (AvgIpc) is 3.11. The van der Waals surface area contributed by atoms with Gasteiger partial charge in [-0.1, -0.05) is 30.7 Å². The van der Waals surface area contributed by atoms with Crippen LogP contribution < -0.4 is 10.6 Å². The number of thioether (sulfide) groups is 1. The molecule has 0 radical (unpaired) electrons. The van der Waals surface area contributed by atoms with Crippen molar-refractivity contribution < 1.29 is 0 Å². The third-order valence-corrected chi connectivity index (χ3v) is 4.91. The predicted molar refractivity (Wildman–Crippen MR) is 115 cm³/mol. The van der Waals surface area contributed by atoms with Crippen molar-refractivity contribution in [2.75, 3.05) is 25.4 Å². The third-order valence-electron chi connectivity index (χ3n) is 3.64. The highest BCUT2D eigenvalue weighted by molar-refractivity contribution is 7.99. The van der Waals surface area contributed by atoms with E-state index < -0.39 is 0 Å². The van der Waals surface area contributed by atoms with Gasteiger partial charge in [-0.15, -0.1) is 22.0 Å². The molecule has 1 heterocycles. The van der Waals surface area contributed by atoms with Crippen LogP contribution in [0, 0.1) is 0 Å². The summed E-state index contributed by atoms with van der Waals surface area (Å²) in [6.07, 6.45) is 2.64. The SMILES string of the molecule is C=C(C)CN=C(NCCSc1ccc(Cl)cc1)NCCn1cnnc1CC. The van der Waals surface area contributed by atoms with Crippen LogP contribution in [0.1, 0.15) is 19.7 Å². The number of hydrogen-bond donors (Lipinski definition) is 2. The second-order valence-corrected chi connectivity index (χ2v) is 7.68. The third kappa shape index (κ3) is 8.05. The van der Waals surface area contributed by atoms with Gasteiger partial charge in [-0.2, -0.15) is 0 Å². The summed E-state index contributed by atoms with van der Waals surface area (Å²) >= 11 is 7.70. The molecule has 0 spiro atoms. The van der Waals surface area contributed by atoms with Crippen LogP contribution in [0.15, 0.2) is 52.6 Å². The topological polar surface area (TPSA) is 67.1 Å². The van der Waals surface area contributed by atoms with Gasteiger partial charge in [0.25, 0.3) is 0 Å². The fraction of sp³-hybridized carbons (Fsp3) is 0.421. The molecule has 0 aliphatic rings. The number of aryl methyl sites for hydroxylation is 1. The lowest BCUT2D eigenvalue weighted by atomic mass is 10.4. The first kappa shape index (κ1) is 21.3. The molecule has 0 unspecified atom stereocenters. The van der Waals surface area contributed by atoms with Crippen LogP contribution in [-0.4, -0.2) is 46.1 Å². The van der Waals surface area contributed by atoms with E-state index in [1.807, 2.05) is 31.2 Å². The standard InChI is InChI=1S/C19H27ClN6S/c1-4-18-25-24-14-26(18)11-9-21-19(23-13-15(2)3)22-10-12-27-17-7-5-16(20)6-8-17/h5-8,14H,2,4,9-13H2,1,3H3,(H2,21,22,23). The molecule has 0 aliphatic heterocycles. The molecule has 27 heavy (non-hydrogen) atoms. The zero-order valence-electron chi connectivity index (χ0n) is 15.9. The van der Waals surface area contributed by atoms with Gasteiger partial charge in [-0.3, -0.25) is 0 Å². The fourth-order valence-electron chi connectivity index (χ4n) is 2.29. The Morgan fingerprint density at radius 2 is 2.00 bits per heavy atom. The molecular formula is C19H27ClN6S. The Bertz CT molecular complexity index is 741. The summed E-state index contributed by atoms with van der Waals surface area (Å²) in [5.41, 5.74) is 1.03. The van der Waals surface area contributed by atoms with Crippen LogP contribution in [0.5, 0.6) is 0 Å². The summed E-state index contributed by atoms with van der Waals surface area (Å²) in [6.45, 7) is 10.9. The van der Waals surface area contributed by atoms with Crippen molar-refractivity contribution in [3.63, 3.8) is 0 Å².